The molecule has 25 heavy (non-hydrogen) atoms. The van der Waals surface area contributed by atoms with E-state index in [1.807, 2.05) is 33.2 Å². The van der Waals surface area contributed by atoms with Crippen LogP contribution in [0.15, 0.2) is 35.1 Å². The number of anilines is 3. The van der Waals surface area contributed by atoms with Crippen molar-refractivity contribution in [2.24, 2.45) is 0 Å². The van der Waals surface area contributed by atoms with Crippen LogP contribution in [0.4, 0.5) is 21.6 Å². The van der Waals surface area contributed by atoms with E-state index in [1.54, 1.807) is 18.1 Å². The number of nitrogens with one attached hydrogen (secondary N) is 1. The van der Waals surface area contributed by atoms with Crippen LogP contribution in [-0.2, 0) is 0 Å². The van der Waals surface area contributed by atoms with E-state index in [2.05, 4.69) is 31.2 Å². The van der Waals surface area contributed by atoms with Crippen LogP contribution in [0.3, 0.4) is 0 Å². The predicted molar refractivity (Wildman–Crippen MR) is 103 cm³/mol. The van der Waals surface area contributed by atoms with Crippen LogP contribution in [0.2, 0.25) is 0 Å². The van der Waals surface area contributed by atoms with Crippen LogP contribution in [-0.4, -0.2) is 31.2 Å². The molecule has 2 aromatic carbocycles. The summed E-state index contributed by atoms with van der Waals surface area (Å²) < 4.78 is 20.2. The molecule has 0 aliphatic carbocycles. The Labute approximate surface area is 154 Å². The second kappa shape index (κ2) is 6.84. The molecule has 1 heterocycles. The van der Waals surface area contributed by atoms with Crippen LogP contribution >= 0.6 is 15.9 Å². The molecule has 0 aliphatic rings. The number of hydrogen-bond donors (Lipinski definition) is 1. The minimum Gasteiger partial charge on any atom is -0.495 e. The number of ether oxygens (including phenoxy) is 1. The van der Waals surface area contributed by atoms with Gasteiger partial charge in [0.2, 0.25) is 0 Å². The lowest BCUT2D eigenvalue weighted by Crippen LogP contribution is -2.13. The van der Waals surface area contributed by atoms with Crippen LogP contribution in [0.25, 0.3) is 10.9 Å². The maximum atomic E-state index is 14.1. The number of fused-ring (bicyclic) bond motifs is 1. The smallest absolute Gasteiger partial charge is 0.146 e. The Morgan fingerprint density at radius 2 is 1.96 bits per heavy atom. The van der Waals surface area contributed by atoms with Gasteiger partial charge in [-0.2, -0.15) is 0 Å². The zero-order valence-corrected chi connectivity index (χ0v) is 16.0. The van der Waals surface area contributed by atoms with E-state index in [0.29, 0.717) is 17.3 Å². The SMILES string of the molecule is COc1cc2ncnc(Nc3ccc(F)c(N(C)C)c3C)c2cc1Br. The number of methoxy groups -OCH3 is 1. The fraction of sp³-hybridized carbons (Fsp3) is 0.222. The molecule has 7 heteroatoms. The second-order valence-corrected chi connectivity index (χ2v) is 6.67. The molecule has 0 fully saturated rings. The lowest BCUT2D eigenvalue weighted by atomic mass is 10.1. The predicted octanol–water partition coefficient (Wildman–Crippen LogP) is 4.66. The molecule has 0 amide bonds. The number of halogens is 2. The van der Waals surface area contributed by atoms with E-state index >= 15 is 0 Å². The molecule has 3 rings (SSSR count). The summed E-state index contributed by atoms with van der Waals surface area (Å²) in [5.74, 6) is 1.09. The Hall–Kier alpha value is -2.41. The van der Waals surface area contributed by atoms with E-state index in [-0.39, 0.29) is 5.82 Å². The molecule has 5 nitrogen and oxygen atoms in total. The maximum Gasteiger partial charge on any atom is 0.146 e. The topological polar surface area (TPSA) is 50.3 Å². The van der Waals surface area contributed by atoms with Gasteiger partial charge in [-0.15, -0.1) is 0 Å². The zero-order valence-electron chi connectivity index (χ0n) is 14.4. The first-order chi connectivity index (χ1) is 11.9. The molecule has 1 N–H and O–H groups in total. The van der Waals surface area contributed by atoms with E-state index in [4.69, 9.17) is 4.74 Å². The van der Waals surface area contributed by atoms with Crippen LogP contribution in [0.1, 0.15) is 5.56 Å². The lowest BCUT2D eigenvalue weighted by Gasteiger charge is -2.20. The summed E-state index contributed by atoms with van der Waals surface area (Å²) in [4.78, 5) is 10.4. The first-order valence-corrected chi connectivity index (χ1v) is 8.43. The summed E-state index contributed by atoms with van der Waals surface area (Å²) in [7, 11) is 5.24. The summed E-state index contributed by atoms with van der Waals surface area (Å²) in [6.45, 7) is 1.88. The summed E-state index contributed by atoms with van der Waals surface area (Å²) in [6, 6.07) is 6.91. The van der Waals surface area contributed by atoms with Crippen molar-refractivity contribution in [2.45, 2.75) is 6.92 Å². The highest BCUT2D eigenvalue weighted by atomic mass is 79.9. The average molecular weight is 405 g/mol. The van der Waals surface area contributed by atoms with E-state index in [9.17, 15) is 4.39 Å². The van der Waals surface area contributed by atoms with Gasteiger partial charge in [-0.05, 0) is 46.6 Å². The summed E-state index contributed by atoms with van der Waals surface area (Å²) >= 11 is 3.49. The molecule has 1 aromatic heterocycles. The van der Waals surface area contributed by atoms with Gasteiger partial charge in [-0.1, -0.05) is 0 Å². The van der Waals surface area contributed by atoms with Gasteiger partial charge in [0.25, 0.3) is 0 Å². The van der Waals surface area contributed by atoms with Gasteiger partial charge in [0.1, 0.15) is 23.7 Å². The van der Waals surface area contributed by atoms with Crippen molar-refractivity contribution in [2.75, 3.05) is 31.4 Å². The van der Waals surface area contributed by atoms with E-state index in [0.717, 1.165) is 26.6 Å². The van der Waals surface area contributed by atoms with Gasteiger partial charge < -0.3 is 15.0 Å². The first-order valence-electron chi connectivity index (χ1n) is 7.64. The lowest BCUT2D eigenvalue weighted by molar-refractivity contribution is 0.412. The molecule has 0 atom stereocenters. The van der Waals surface area contributed by atoms with Crippen LogP contribution in [0.5, 0.6) is 5.75 Å². The molecular weight excluding hydrogens is 387 g/mol. The number of nitrogens with zero attached hydrogens (tertiary/aromatic N) is 3. The minimum absolute atomic E-state index is 0.256. The molecule has 0 saturated carbocycles. The summed E-state index contributed by atoms with van der Waals surface area (Å²) in [6.07, 6.45) is 1.49. The Balaban J connectivity index is 2.10. The standard InChI is InChI=1S/C18H18BrFN4O/c1-10-14(6-5-13(20)17(10)24(2)3)23-18-11-7-12(19)16(25-4)8-15(11)21-9-22-18/h5-9H,1-4H3,(H,21,22,23). The number of benzene rings is 2. The normalized spacial score (nSPS) is 10.8. The van der Waals surface area contributed by atoms with Gasteiger partial charge in [0, 0.05) is 31.2 Å². The van der Waals surface area contributed by atoms with Gasteiger partial charge >= 0.3 is 0 Å². The zero-order chi connectivity index (χ0) is 18.1. The highest BCUT2D eigenvalue weighted by Gasteiger charge is 2.14. The summed E-state index contributed by atoms with van der Waals surface area (Å²) in [5.41, 5.74) is 2.90. The van der Waals surface area contributed by atoms with E-state index < -0.39 is 0 Å². The Bertz CT molecular complexity index is 946. The van der Waals surface area contributed by atoms with Crippen molar-refractivity contribution in [1.29, 1.82) is 0 Å². The third kappa shape index (κ3) is 3.24. The third-order valence-corrected chi connectivity index (χ3v) is 4.61. The fourth-order valence-electron chi connectivity index (χ4n) is 2.79. The van der Waals surface area contributed by atoms with Gasteiger partial charge in [-0.3, -0.25) is 0 Å². The van der Waals surface area contributed by atoms with Crippen molar-refractivity contribution in [1.82, 2.24) is 9.97 Å². The molecule has 3 aromatic rings. The minimum atomic E-state index is -0.256. The third-order valence-electron chi connectivity index (χ3n) is 3.99. The molecule has 0 radical (unpaired) electrons. The number of aromatic nitrogens is 2. The van der Waals surface area contributed by atoms with Crippen molar-refractivity contribution in [3.63, 3.8) is 0 Å². The average Bonchev–Trinajstić information content (AvgIpc) is 2.57. The van der Waals surface area contributed by atoms with Crippen LogP contribution in [0, 0.1) is 12.7 Å². The molecule has 0 saturated heterocycles. The monoisotopic (exact) mass is 404 g/mol. The molecule has 130 valence electrons. The highest BCUT2D eigenvalue weighted by molar-refractivity contribution is 9.10. The first kappa shape index (κ1) is 17.4. The Morgan fingerprint density at radius 3 is 2.64 bits per heavy atom. The number of hydrogen-bond acceptors (Lipinski definition) is 5. The van der Waals surface area contributed by atoms with Crippen molar-refractivity contribution in [3.8, 4) is 5.75 Å². The maximum absolute atomic E-state index is 14.1. The Morgan fingerprint density at radius 1 is 1.20 bits per heavy atom. The fourth-order valence-corrected chi connectivity index (χ4v) is 3.30. The highest BCUT2D eigenvalue weighted by Crippen LogP contribution is 2.35. The van der Waals surface area contributed by atoms with E-state index in [1.165, 1.54) is 12.4 Å². The molecule has 0 aliphatic heterocycles. The van der Waals surface area contributed by atoms with Crippen molar-refractivity contribution < 1.29 is 9.13 Å². The van der Waals surface area contributed by atoms with Gasteiger partial charge in [0.05, 0.1) is 22.8 Å². The summed E-state index contributed by atoms with van der Waals surface area (Å²) in [5, 5.41) is 4.13. The quantitative estimate of drug-likeness (QED) is 0.685. The second-order valence-electron chi connectivity index (χ2n) is 5.81. The molecule has 0 bridgehead atoms. The van der Waals surface area contributed by atoms with Gasteiger partial charge in [-0.25, -0.2) is 14.4 Å². The Kier molecular flexibility index (Phi) is 4.76. The molecule has 0 spiro atoms. The van der Waals surface area contributed by atoms with Crippen molar-refractivity contribution >= 4 is 44.0 Å². The van der Waals surface area contributed by atoms with Crippen LogP contribution < -0.4 is 15.0 Å². The number of rotatable bonds is 4. The molecule has 0 unspecified atom stereocenters. The van der Waals surface area contributed by atoms with Crippen molar-refractivity contribution in [3.05, 3.63) is 46.4 Å². The van der Waals surface area contributed by atoms with Gasteiger partial charge in [0.15, 0.2) is 0 Å². The molecular formula is C18H18BrFN4O. The largest absolute Gasteiger partial charge is 0.495 e.